The first kappa shape index (κ1) is 66.1. The highest BCUT2D eigenvalue weighted by molar-refractivity contribution is 5.98. The molecule has 0 aliphatic carbocycles. The highest BCUT2D eigenvalue weighted by Crippen LogP contribution is 2.15. The van der Waals surface area contributed by atoms with Gasteiger partial charge < -0.3 is 65.5 Å². The molecule has 0 aliphatic heterocycles. The van der Waals surface area contributed by atoms with Gasteiger partial charge in [-0.3, -0.25) is 43.2 Å². The highest BCUT2D eigenvalue weighted by atomic mass is 16.2. The van der Waals surface area contributed by atoms with Crippen LogP contribution in [0.4, 0.5) is 0 Å². The van der Waals surface area contributed by atoms with Crippen LogP contribution < -0.4 is 65.5 Å². The maximum Gasteiger partial charge on any atom is 0.243 e. The van der Waals surface area contributed by atoms with Crippen molar-refractivity contribution >= 4 is 53.2 Å². The van der Waals surface area contributed by atoms with E-state index in [4.69, 9.17) is 22.9 Å². The lowest BCUT2D eigenvalue weighted by molar-refractivity contribution is -0.136. The molecule has 71 heavy (non-hydrogen) atoms. The predicted molar refractivity (Wildman–Crippen MR) is 276 cm³/mol. The summed E-state index contributed by atoms with van der Waals surface area (Å²) in [5.41, 5.74) is 22.9. The molecule has 0 aromatic rings. The van der Waals surface area contributed by atoms with Crippen molar-refractivity contribution in [2.24, 2.45) is 52.5 Å². The zero-order chi connectivity index (χ0) is 54.4. The molecule has 0 bridgehead atoms. The number of hydrogen-bond acceptors (Lipinski definition) is 12. The Morgan fingerprint density at radius 2 is 0.507 bits per heavy atom. The van der Waals surface area contributed by atoms with Crippen LogP contribution in [0.5, 0.6) is 0 Å². The Bertz CT molecular complexity index is 1660. The second kappa shape index (κ2) is 36.1. The Balaban J connectivity index is 6.74. The molecule has 0 saturated carbocycles. The lowest BCUT2D eigenvalue weighted by atomic mass is 9.98. The van der Waals surface area contributed by atoms with Crippen molar-refractivity contribution in [3.63, 3.8) is 0 Å². The average Bonchev–Trinajstić information content (AvgIpc) is 3.25. The molecule has 21 nitrogen and oxygen atoms in total. The fourth-order valence-electron chi connectivity index (χ4n) is 7.97. The topological polar surface area (TPSA) is 354 Å². The third-order valence-electron chi connectivity index (χ3n) is 11.5. The van der Waals surface area contributed by atoms with E-state index in [0.717, 1.165) is 0 Å². The summed E-state index contributed by atoms with van der Waals surface area (Å²) in [5, 5.41) is 22.2. The van der Waals surface area contributed by atoms with Crippen LogP contribution in [0.3, 0.4) is 0 Å². The monoisotopic (exact) mass is 1010 g/mol. The van der Waals surface area contributed by atoms with Crippen LogP contribution in [0, 0.1) is 29.6 Å². The second-order valence-electron chi connectivity index (χ2n) is 21.1. The SMILES string of the molecule is CC(=O)N[C@@H](CC(C)C)C(=O)N[C@@H](CC(C)C)C(=O)N[C@@H](CCCCN)C(=O)N[C@@H](CCCCN)C(=O)N[C@@H](CC(C)C)C(=O)N[C@@H](CC(C)C)C(=O)N[C@@H](CCCCN)C(=O)N[C@@H](CC(C)C)C(N)=O. The highest BCUT2D eigenvalue weighted by Gasteiger charge is 2.35. The van der Waals surface area contributed by atoms with Crippen molar-refractivity contribution in [1.29, 1.82) is 0 Å². The first-order valence-electron chi connectivity index (χ1n) is 26.1. The van der Waals surface area contributed by atoms with Gasteiger partial charge in [-0.15, -0.1) is 0 Å². The minimum atomic E-state index is -1.17. The Labute approximate surface area is 424 Å². The third-order valence-corrected chi connectivity index (χ3v) is 11.5. The molecule has 0 aromatic carbocycles. The number of rotatable bonds is 38. The summed E-state index contributed by atoms with van der Waals surface area (Å²) in [6.07, 6.45) is 4.72. The van der Waals surface area contributed by atoms with Gasteiger partial charge in [0.25, 0.3) is 0 Å². The fourth-order valence-corrected chi connectivity index (χ4v) is 7.97. The summed E-state index contributed by atoms with van der Waals surface area (Å²) in [4.78, 5) is 122. The van der Waals surface area contributed by atoms with Crippen molar-refractivity contribution in [3.8, 4) is 0 Å². The van der Waals surface area contributed by atoms with E-state index in [9.17, 15) is 43.2 Å². The summed E-state index contributed by atoms with van der Waals surface area (Å²) in [6, 6.07) is -8.57. The van der Waals surface area contributed by atoms with E-state index >= 15 is 0 Å². The van der Waals surface area contributed by atoms with Crippen LogP contribution in [0.25, 0.3) is 0 Å². The molecular weight excluding hydrogens is 913 g/mol. The Kier molecular flexibility index (Phi) is 33.6. The largest absolute Gasteiger partial charge is 0.368 e. The van der Waals surface area contributed by atoms with E-state index < -0.39 is 101 Å². The van der Waals surface area contributed by atoms with E-state index in [1.54, 1.807) is 0 Å². The van der Waals surface area contributed by atoms with Crippen LogP contribution in [0.2, 0.25) is 0 Å². The summed E-state index contributed by atoms with van der Waals surface area (Å²) >= 11 is 0. The van der Waals surface area contributed by atoms with E-state index in [-0.39, 0.29) is 68.1 Å². The number of primary amides is 1. The molecule has 0 heterocycles. The van der Waals surface area contributed by atoms with Crippen LogP contribution in [0.15, 0.2) is 0 Å². The first-order chi connectivity index (χ1) is 33.3. The molecule has 0 aromatic heterocycles. The molecule has 0 aliphatic rings. The first-order valence-corrected chi connectivity index (χ1v) is 26.1. The van der Waals surface area contributed by atoms with Crippen molar-refractivity contribution in [3.05, 3.63) is 0 Å². The van der Waals surface area contributed by atoms with Gasteiger partial charge in [-0.25, -0.2) is 0 Å². The van der Waals surface area contributed by atoms with Crippen LogP contribution in [0.1, 0.15) is 166 Å². The Hall–Kier alpha value is -4.89. The van der Waals surface area contributed by atoms with Crippen LogP contribution >= 0.6 is 0 Å². The van der Waals surface area contributed by atoms with Gasteiger partial charge in [0, 0.05) is 6.92 Å². The summed E-state index contributed by atoms with van der Waals surface area (Å²) < 4.78 is 0. The molecule has 21 heteroatoms. The summed E-state index contributed by atoms with van der Waals surface area (Å²) in [7, 11) is 0. The minimum absolute atomic E-state index is 0.0401. The maximum absolute atomic E-state index is 14.3. The zero-order valence-corrected chi connectivity index (χ0v) is 45.0. The van der Waals surface area contributed by atoms with Crippen molar-refractivity contribution in [2.75, 3.05) is 19.6 Å². The number of unbranched alkanes of at least 4 members (excludes halogenated alkanes) is 3. The molecule has 16 N–H and O–H groups in total. The zero-order valence-electron chi connectivity index (χ0n) is 45.0. The second-order valence-corrected chi connectivity index (χ2v) is 21.1. The molecule has 0 rings (SSSR count). The lowest BCUT2D eigenvalue weighted by Gasteiger charge is -2.29. The number of hydrogen-bond donors (Lipinski definition) is 12. The van der Waals surface area contributed by atoms with Gasteiger partial charge in [0.2, 0.25) is 53.2 Å². The van der Waals surface area contributed by atoms with Gasteiger partial charge in [-0.1, -0.05) is 69.2 Å². The standard InChI is InChI=1S/C50H96N12O9/c1-29(2)24-38(43(54)64)59-45(66)36(19-13-16-22-52)58-49(70)41(27-32(7)8)62-50(71)42(28-33(9)10)60-46(67)37(20-14-17-23-53)56-44(65)35(18-12-15-21-51)57-48(69)40(26-31(5)6)61-47(68)39(25-30(3)4)55-34(11)63/h29-33,35-42H,12-28,51-53H2,1-11H3,(H2,54,64)(H,55,63)(H,56,65)(H,57,69)(H,58,70)(H,59,66)(H,60,67)(H,61,68)(H,62,71)/t35-,36-,37-,38-,39-,40-,41-,42-/m0/s1. The van der Waals surface area contributed by atoms with Gasteiger partial charge >= 0.3 is 0 Å². The molecule has 0 radical (unpaired) electrons. The van der Waals surface area contributed by atoms with Gasteiger partial charge in [-0.2, -0.15) is 0 Å². The van der Waals surface area contributed by atoms with Crippen LogP contribution in [-0.4, -0.2) is 121 Å². The van der Waals surface area contributed by atoms with Crippen molar-refractivity contribution < 1.29 is 43.2 Å². The molecule has 0 fully saturated rings. The molecule has 0 unspecified atom stereocenters. The smallest absolute Gasteiger partial charge is 0.243 e. The third kappa shape index (κ3) is 29.3. The minimum Gasteiger partial charge on any atom is -0.368 e. The van der Waals surface area contributed by atoms with Gasteiger partial charge in [0.15, 0.2) is 0 Å². The fraction of sp³-hybridized carbons (Fsp3) is 0.820. The molecular formula is C50H96N12O9. The van der Waals surface area contributed by atoms with Gasteiger partial charge in [0.05, 0.1) is 0 Å². The van der Waals surface area contributed by atoms with Gasteiger partial charge in [0.1, 0.15) is 48.3 Å². The molecule has 8 atom stereocenters. The predicted octanol–water partition coefficient (Wildman–Crippen LogP) is 0.987. The van der Waals surface area contributed by atoms with E-state index in [1.807, 2.05) is 69.2 Å². The van der Waals surface area contributed by atoms with E-state index in [0.29, 0.717) is 71.0 Å². The Morgan fingerprint density at radius 1 is 0.310 bits per heavy atom. The molecule has 9 amide bonds. The summed E-state index contributed by atoms with van der Waals surface area (Å²) in [6.45, 7) is 21.1. The average molecular weight is 1010 g/mol. The van der Waals surface area contributed by atoms with Crippen molar-refractivity contribution in [2.45, 2.75) is 214 Å². The van der Waals surface area contributed by atoms with Gasteiger partial charge in [-0.05, 0) is 139 Å². The van der Waals surface area contributed by atoms with Crippen LogP contribution in [-0.2, 0) is 43.2 Å². The lowest BCUT2D eigenvalue weighted by Crippen LogP contribution is -2.60. The molecule has 410 valence electrons. The van der Waals surface area contributed by atoms with Crippen molar-refractivity contribution in [1.82, 2.24) is 42.5 Å². The molecule has 0 spiro atoms. The number of carbonyl (C=O) groups excluding carboxylic acids is 9. The summed E-state index contributed by atoms with van der Waals surface area (Å²) in [5.74, 6) is -5.65. The number of amides is 9. The quantitative estimate of drug-likeness (QED) is 0.0386. The van der Waals surface area contributed by atoms with E-state index in [1.165, 1.54) is 6.92 Å². The maximum atomic E-state index is 14.3. The number of carbonyl (C=O) groups is 9. The number of nitrogens with one attached hydrogen (secondary N) is 8. The van der Waals surface area contributed by atoms with E-state index in [2.05, 4.69) is 42.5 Å². The Morgan fingerprint density at radius 3 is 0.718 bits per heavy atom. The number of nitrogens with two attached hydrogens (primary N) is 4. The normalized spacial score (nSPS) is 14.9. The molecule has 0 saturated heterocycles.